The number of likely N-dealkylation sites (N-methyl/N-ethyl adjacent to an activating group) is 1. The van der Waals surface area contributed by atoms with Gasteiger partial charge in [0.05, 0.1) is 35.6 Å². The number of hydrogen-bond acceptors (Lipinski definition) is 9. The van der Waals surface area contributed by atoms with E-state index in [1.165, 1.54) is 18.2 Å². The smallest absolute Gasteiger partial charge is 0.318 e. The second-order valence-electron chi connectivity index (χ2n) is 12.4. The third-order valence-electron chi connectivity index (χ3n) is 9.74. The summed E-state index contributed by atoms with van der Waals surface area (Å²) in [7, 11) is 3.87. The van der Waals surface area contributed by atoms with Crippen LogP contribution in [0.5, 0.6) is 6.01 Å². The Morgan fingerprint density at radius 3 is 2.67 bits per heavy atom. The van der Waals surface area contributed by atoms with Crippen LogP contribution < -0.4 is 19.4 Å². The molecule has 2 saturated heterocycles. The van der Waals surface area contributed by atoms with Crippen molar-refractivity contribution in [1.82, 2.24) is 19.8 Å². The van der Waals surface area contributed by atoms with Gasteiger partial charge in [0.25, 0.3) is 0 Å². The number of ether oxygens (including phenoxy) is 1. The van der Waals surface area contributed by atoms with Crippen LogP contribution in [0.1, 0.15) is 42.5 Å². The van der Waals surface area contributed by atoms with Crippen LogP contribution in [0.2, 0.25) is 0 Å². The second-order valence-corrected chi connectivity index (χ2v) is 12.4. The van der Waals surface area contributed by atoms with Gasteiger partial charge in [0.15, 0.2) is 0 Å². The Bertz CT molecular complexity index is 1530. The fourth-order valence-electron chi connectivity index (χ4n) is 7.21. The molecular weight excluding hydrogens is 575 g/mol. The number of carbonyl (C=O) groups excluding carboxylic acids is 2. The number of nitrogens with zero attached hydrogens (tertiary/aromatic N) is 8. The van der Waals surface area contributed by atoms with Crippen molar-refractivity contribution in [1.29, 1.82) is 5.26 Å². The molecular formula is C33H41FN8O3. The summed E-state index contributed by atoms with van der Waals surface area (Å²) >= 11 is 0. The third kappa shape index (κ3) is 6.18. The van der Waals surface area contributed by atoms with Gasteiger partial charge in [-0.15, -0.1) is 0 Å². The number of carbonyl (C=O) groups is 2. The van der Waals surface area contributed by atoms with Crippen molar-refractivity contribution in [3.63, 3.8) is 0 Å². The standard InChI is InChI=1S/C33H41FN8O3/c1-4-29(43)42-17-16-41(20-24(42)9-12-35)32-26-10-14-40(28-19-23(34)18-22-7-8-30(44)39(3)31(22)28)15-11-27(26)36-33(37-32)45-21-25-6-5-13-38(25)2/h4,18-19,24-25H,1,5-11,13-17,20-21H2,2-3H3/t24-,25-/m0/s1. The molecule has 0 radical (unpaired) electrons. The summed E-state index contributed by atoms with van der Waals surface area (Å²) in [6.07, 6.45) is 5.78. The molecule has 1 aromatic heterocycles. The minimum Gasteiger partial charge on any atom is -0.462 e. The number of likely N-dealkylation sites (tertiary alicyclic amines) is 1. The van der Waals surface area contributed by atoms with Crippen molar-refractivity contribution in [3.05, 3.63) is 47.4 Å². The first-order valence-corrected chi connectivity index (χ1v) is 15.9. The summed E-state index contributed by atoms with van der Waals surface area (Å²) in [5.74, 6) is 0.298. The van der Waals surface area contributed by atoms with E-state index in [2.05, 4.69) is 34.4 Å². The van der Waals surface area contributed by atoms with Crippen molar-refractivity contribution in [3.8, 4) is 12.1 Å². The lowest BCUT2D eigenvalue weighted by Gasteiger charge is -2.41. The lowest BCUT2D eigenvalue weighted by Crippen LogP contribution is -2.55. The number of piperazine rings is 1. The first-order valence-electron chi connectivity index (χ1n) is 15.9. The van der Waals surface area contributed by atoms with E-state index in [9.17, 15) is 19.2 Å². The van der Waals surface area contributed by atoms with E-state index >= 15 is 0 Å². The van der Waals surface area contributed by atoms with Gasteiger partial charge >= 0.3 is 6.01 Å². The van der Waals surface area contributed by atoms with Crippen LogP contribution in [-0.2, 0) is 28.9 Å². The van der Waals surface area contributed by atoms with Crippen molar-refractivity contribution in [2.75, 3.05) is 74.7 Å². The number of hydrogen-bond donors (Lipinski definition) is 0. The number of fused-ring (bicyclic) bond motifs is 2. The van der Waals surface area contributed by atoms with Gasteiger partial charge in [0.2, 0.25) is 11.8 Å². The Morgan fingerprint density at radius 2 is 1.91 bits per heavy atom. The van der Waals surface area contributed by atoms with Gasteiger partial charge < -0.3 is 29.2 Å². The molecule has 0 saturated carbocycles. The van der Waals surface area contributed by atoms with Crippen LogP contribution in [-0.4, -0.2) is 104 Å². The molecule has 0 unspecified atom stereocenters. The Labute approximate surface area is 263 Å². The molecule has 0 bridgehead atoms. The van der Waals surface area contributed by atoms with Gasteiger partial charge in [-0.25, -0.2) is 4.39 Å². The molecule has 4 aliphatic heterocycles. The fourth-order valence-corrected chi connectivity index (χ4v) is 7.21. The largest absolute Gasteiger partial charge is 0.462 e. The average Bonchev–Trinajstić information content (AvgIpc) is 3.33. The summed E-state index contributed by atoms with van der Waals surface area (Å²) in [5, 5.41) is 9.55. The van der Waals surface area contributed by atoms with E-state index in [1.54, 1.807) is 16.8 Å². The van der Waals surface area contributed by atoms with Gasteiger partial charge in [0, 0.05) is 64.2 Å². The zero-order chi connectivity index (χ0) is 31.7. The van der Waals surface area contributed by atoms with Gasteiger partial charge in [-0.2, -0.15) is 15.2 Å². The number of rotatable bonds is 7. The molecule has 2 fully saturated rings. The maximum Gasteiger partial charge on any atom is 0.318 e. The molecule has 5 heterocycles. The van der Waals surface area contributed by atoms with Gasteiger partial charge in [0.1, 0.15) is 18.2 Å². The topological polar surface area (TPSA) is 109 Å². The number of halogens is 1. The monoisotopic (exact) mass is 616 g/mol. The molecule has 0 aliphatic carbocycles. The quantitative estimate of drug-likeness (QED) is 0.434. The average molecular weight is 617 g/mol. The first-order chi connectivity index (χ1) is 21.8. The molecule has 1 aromatic carbocycles. The highest BCUT2D eigenvalue weighted by atomic mass is 19.1. The van der Waals surface area contributed by atoms with Crippen molar-refractivity contribution in [2.45, 2.75) is 57.0 Å². The SMILES string of the molecule is C=CC(=O)N1CCN(c2nc(OC[C@@H]3CCCN3C)nc3c2CCN(c2cc(F)cc4c2N(C)C(=O)CC4)CC3)C[C@@H]1CC#N. The normalized spacial score (nSPS) is 22.0. The first kappa shape index (κ1) is 30.8. The van der Waals surface area contributed by atoms with Gasteiger partial charge in [-0.1, -0.05) is 6.58 Å². The highest BCUT2D eigenvalue weighted by Crippen LogP contribution is 2.39. The molecule has 0 spiro atoms. The van der Waals surface area contributed by atoms with E-state index in [1.807, 2.05) is 0 Å². The molecule has 45 heavy (non-hydrogen) atoms. The lowest BCUT2D eigenvalue weighted by molar-refractivity contribution is -0.128. The molecule has 0 N–H and O–H groups in total. The maximum atomic E-state index is 14.9. The summed E-state index contributed by atoms with van der Waals surface area (Å²) in [6.45, 7) is 7.80. The number of benzene rings is 1. The number of aromatic nitrogens is 2. The number of anilines is 3. The lowest BCUT2D eigenvalue weighted by atomic mass is 9.99. The maximum absolute atomic E-state index is 14.9. The molecule has 6 rings (SSSR count). The van der Waals surface area contributed by atoms with Crippen molar-refractivity contribution >= 4 is 29.0 Å². The predicted octanol–water partition coefficient (Wildman–Crippen LogP) is 2.72. The van der Waals surface area contributed by atoms with E-state index in [-0.39, 0.29) is 30.1 Å². The molecule has 2 amide bonds. The van der Waals surface area contributed by atoms with E-state index in [0.29, 0.717) is 82.8 Å². The molecule has 2 atom stereocenters. The minimum absolute atomic E-state index is 0.0253. The zero-order valence-electron chi connectivity index (χ0n) is 26.2. The minimum atomic E-state index is -0.309. The van der Waals surface area contributed by atoms with E-state index in [4.69, 9.17) is 14.7 Å². The van der Waals surface area contributed by atoms with Crippen LogP contribution in [0.25, 0.3) is 0 Å². The summed E-state index contributed by atoms with van der Waals surface area (Å²) in [4.78, 5) is 45.1. The van der Waals surface area contributed by atoms with Gasteiger partial charge in [-0.3, -0.25) is 9.59 Å². The van der Waals surface area contributed by atoms with E-state index in [0.717, 1.165) is 47.7 Å². The Hall–Kier alpha value is -4.24. The second kappa shape index (κ2) is 13.0. The molecule has 2 aromatic rings. The predicted molar refractivity (Wildman–Crippen MR) is 169 cm³/mol. The zero-order valence-corrected chi connectivity index (χ0v) is 26.2. The highest BCUT2D eigenvalue weighted by Gasteiger charge is 2.34. The van der Waals surface area contributed by atoms with Crippen molar-refractivity contribution in [2.24, 2.45) is 0 Å². The third-order valence-corrected chi connectivity index (χ3v) is 9.74. The van der Waals surface area contributed by atoms with E-state index < -0.39 is 0 Å². The van der Waals surface area contributed by atoms with Crippen molar-refractivity contribution < 1.29 is 18.7 Å². The molecule has 11 nitrogen and oxygen atoms in total. The van der Waals surface area contributed by atoms with Crippen LogP contribution in [0.3, 0.4) is 0 Å². The molecule has 12 heteroatoms. The summed E-state index contributed by atoms with van der Waals surface area (Å²) < 4.78 is 21.1. The van der Waals surface area contributed by atoms with Gasteiger partial charge in [-0.05, 0) is 63.0 Å². The highest BCUT2D eigenvalue weighted by molar-refractivity contribution is 5.99. The Kier molecular flexibility index (Phi) is 8.90. The molecule has 4 aliphatic rings. The number of nitriles is 1. The Balaban J connectivity index is 1.32. The number of aryl methyl sites for hydroxylation is 1. The fraction of sp³-hybridized carbons (Fsp3) is 0.545. The van der Waals surface area contributed by atoms with Crippen LogP contribution in [0.15, 0.2) is 24.8 Å². The van der Waals surface area contributed by atoms with Crippen LogP contribution in [0.4, 0.5) is 21.6 Å². The summed E-state index contributed by atoms with van der Waals surface area (Å²) in [6, 6.07) is 5.64. The number of amides is 2. The molecule has 238 valence electrons. The Morgan fingerprint density at radius 1 is 1.09 bits per heavy atom. The van der Waals surface area contributed by atoms with Crippen LogP contribution >= 0.6 is 0 Å². The van der Waals surface area contributed by atoms with Crippen LogP contribution in [0, 0.1) is 17.1 Å². The summed E-state index contributed by atoms with van der Waals surface area (Å²) in [5.41, 5.74) is 4.22.